The van der Waals surface area contributed by atoms with Gasteiger partial charge in [-0.25, -0.2) is 0 Å². The molecular weight excluding hydrogens is 1080 g/mol. The summed E-state index contributed by atoms with van der Waals surface area (Å²) >= 11 is 0. The lowest BCUT2D eigenvalue weighted by Crippen LogP contribution is -2.63. The molecule has 0 aromatic rings. The Morgan fingerprint density at radius 2 is 0.976 bits per heavy atom. The largest absolute Gasteiger partial charge is 0.391 e. The molecule has 0 saturated carbocycles. The van der Waals surface area contributed by atoms with Crippen LogP contribution in [0.2, 0.25) is 0 Å². The fourth-order valence-corrected chi connectivity index (χ4v) is 10.3. The average molecular weight is 1190 g/mol. The van der Waals surface area contributed by atoms with E-state index in [1.54, 1.807) is 67.5 Å². The zero-order valence-electron chi connectivity index (χ0n) is 54.2. The predicted molar refractivity (Wildman–Crippen MR) is 321 cm³/mol. The molecule has 24 nitrogen and oxygen atoms in total. The summed E-state index contributed by atoms with van der Waals surface area (Å²) in [4.78, 5) is 165. The maximum Gasteiger partial charge on any atom is 0.247 e. The Labute approximate surface area is 500 Å². The van der Waals surface area contributed by atoms with Crippen molar-refractivity contribution in [3.05, 3.63) is 24.3 Å². The molecule has 1 saturated heterocycles. The average Bonchev–Trinajstić information content (AvgIpc) is 3.54. The molecule has 0 aliphatic carbocycles. The molecule has 24 heteroatoms. The molecule has 0 bridgehead atoms. The highest BCUT2D eigenvalue weighted by atomic mass is 16.3. The summed E-state index contributed by atoms with van der Waals surface area (Å²) in [6.07, 6.45) is 1.12. The third-order valence-corrected chi connectivity index (χ3v) is 15.4. The molecule has 1 rings (SSSR count). The third-order valence-electron chi connectivity index (χ3n) is 15.4. The lowest BCUT2D eigenvalue weighted by molar-refractivity contribution is -0.157. The highest BCUT2D eigenvalue weighted by Gasteiger charge is 2.45. The number of carbonyl (C=O) groups is 11. The first kappa shape index (κ1) is 75.6. The highest BCUT2D eigenvalue weighted by molar-refractivity contribution is 6.00. The summed E-state index contributed by atoms with van der Waals surface area (Å²) in [6.45, 7) is 28.5. The lowest BCUT2D eigenvalue weighted by atomic mass is 9.91. The smallest absolute Gasteiger partial charge is 0.247 e. The second-order valence-corrected chi connectivity index (χ2v) is 24.5. The van der Waals surface area contributed by atoms with Crippen LogP contribution in [0.3, 0.4) is 0 Å². The molecule has 11 amide bonds. The second-order valence-electron chi connectivity index (χ2n) is 24.5. The van der Waals surface area contributed by atoms with Crippen LogP contribution in [0.4, 0.5) is 0 Å². The van der Waals surface area contributed by atoms with Crippen LogP contribution in [-0.4, -0.2) is 226 Å². The van der Waals surface area contributed by atoms with Crippen LogP contribution in [-0.2, 0) is 52.7 Å². The summed E-state index contributed by atoms with van der Waals surface area (Å²) in [7, 11) is 8.12. The van der Waals surface area contributed by atoms with E-state index in [0.29, 0.717) is 0 Å². The van der Waals surface area contributed by atoms with Gasteiger partial charge in [-0.05, 0) is 101 Å². The normalized spacial score (nSPS) is 27.2. The highest BCUT2D eigenvalue weighted by Crippen LogP contribution is 2.25. The molecule has 1 aliphatic rings. The first-order chi connectivity index (χ1) is 38.8. The van der Waals surface area contributed by atoms with Crippen molar-refractivity contribution < 1.29 is 63.0 Å². The van der Waals surface area contributed by atoms with Gasteiger partial charge in [-0.15, -0.1) is 0 Å². The molecule has 0 aromatic heterocycles. The van der Waals surface area contributed by atoms with E-state index in [0.717, 1.165) is 14.7 Å². The monoisotopic (exact) mass is 1190 g/mol. The zero-order chi connectivity index (χ0) is 65.1. The molecule has 7 N–H and O–H groups in total. The molecule has 0 radical (unpaired) electrons. The first-order valence-corrected chi connectivity index (χ1v) is 29.6. The number of amides is 11. The van der Waals surface area contributed by atoms with E-state index < -0.39 is 156 Å². The molecule has 13 atom stereocenters. The Kier molecular flexibility index (Phi) is 31.0. The quantitative estimate of drug-likeness (QED) is 0.115. The van der Waals surface area contributed by atoms with Gasteiger partial charge in [-0.1, -0.05) is 94.9 Å². The number of nitrogens with zero attached hydrogens (tertiary/aromatic N) is 6. The molecule has 1 aliphatic heterocycles. The lowest BCUT2D eigenvalue weighted by Gasteiger charge is -2.41. The van der Waals surface area contributed by atoms with Crippen LogP contribution in [0.5, 0.6) is 0 Å². The van der Waals surface area contributed by atoms with Crippen molar-refractivity contribution in [2.24, 2.45) is 29.6 Å². The zero-order valence-corrected chi connectivity index (χ0v) is 54.2. The molecule has 478 valence electrons. The van der Waals surface area contributed by atoms with Crippen molar-refractivity contribution in [2.45, 2.75) is 215 Å². The Morgan fingerprint density at radius 3 is 1.43 bits per heavy atom. The van der Waals surface area contributed by atoms with E-state index >= 15 is 9.59 Å². The Balaban J connectivity index is 4.30. The topological polar surface area (TPSA) is 308 Å². The molecule has 1 fully saturated rings. The maximum absolute atomic E-state index is 15.1. The molecule has 1 heterocycles. The van der Waals surface area contributed by atoms with Gasteiger partial charge in [0.1, 0.15) is 60.4 Å². The third kappa shape index (κ3) is 21.0. The summed E-state index contributed by atoms with van der Waals surface area (Å²) in [6, 6.07) is -13.5. The molecule has 1 unspecified atom stereocenters. The van der Waals surface area contributed by atoms with E-state index in [2.05, 4.69) is 33.2 Å². The predicted octanol–water partition coefficient (Wildman–Crippen LogP) is 1.57. The van der Waals surface area contributed by atoms with Gasteiger partial charge < -0.3 is 66.2 Å². The van der Waals surface area contributed by atoms with Crippen LogP contribution in [0.1, 0.15) is 142 Å². The van der Waals surface area contributed by atoms with Crippen LogP contribution < -0.4 is 26.6 Å². The first-order valence-electron chi connectivity index (χ1n) is 29.6. The van der Waals surface area contributed by atoms with Gasteiger partial charge in [-0.2, -0.15) is 0 Å². The van der Waals surface area contributed by atoms with Gasteiger partial charge in [0.05, 0.1) is 18.8 Å². The van der Waals surface area contributed by atoms with Crippen LogP contribution in [0.25, 0.3) is 0 Å². The van der Waals surface area contributed by atoms with E-state index in [9.17, 15) is 53.4 Å². The van der Waals surface area contributed by atoms with Gasteiger partial charge in [0.15, 0.2) is 0 Å². The number of likely N-dealkylation sites (N-methyl/N-ethyl adjacent to an activating group) is 6. The standard InChI is InChI=1S/C60H105N11O13/c1-23-26-27-37(14)50(74)49-55(79)63-41(25-3)57(81)66(17)31-45(73)69(20)48(39(16)72)54(78)65-46(35(10)11)53(77)64-42(28-32(4)5)52(76)62-40(24-2)51(75)61-38(15)56(80)67(18)43(29-33(6)7)58(82)68(19)44(30-34(8)9)59(83)70(21)47(36(12)13)60(84)71(49)22/h23,26,32-34,36-44,46-50,72,74H,10,24-25,27-31H2,1-9,11-22H3,(H,61,75)(H,62,76)(H,63,79)(H,64,77)(H,65,78)/b26-23+/t37-,38-,39-,40?,41+,42+,43+,44-,46+,47+,48+,49+,50-/m1/s1. The van der Waals surface area contributed by atoms with Crippen molar-refractivity contribution in [2.75, 3.05) is 48.8 Å². The Bertz CT molecular complexity index is 2340. The van der Waals surface area contributed by atoms with Gasteiger partial charge in [-0.3, -0.25) is 52.7 Å². The molecule has 0 aromatic carbocycles. The molecule has 84 heavy (non-hydrogen) atoms. The number of rotatable bonds is 15. The van der Waals surface area contributed by atoms with Crippen molar-refractivity contribution in [1.82, 2.24) is 56.0 Å². The second kappa shape index (κ2) is 34.5. The van der Waals surface area contributed by atoms with Gasteiger partial charge in [0.25, 0.3) is 0 Å². The van der Waals surface area contributed by atoms with Gasteiger partial charge in [0, 0.05) is 42.3 Å². The van der Waals surface area contributed by atoms with Gasteiger partial charge >= 0.3 is 0 Å². The van der Waals surface area contributed by atoms with Crippen LogP contribution >= 0.6 is 0 Å². The van der Waals surface area contributed by atoms with E-state index in [4.69, 9.17) is 0 Å². The Morgan fingerprint density at radius 1 is 0.536 bits per heavy atom. The van der Waals surface area contributed by atoms with Crippen LogP contribution in [0.15, 0.2) is 24.3 Å². The number of carbonyl (C=O) groups excluding carboxylic acids is 11. The van der Waals surface area contributed by atoms with Crippen molar-refractivity contribution in [3.63, 3.8) is 0 Å². The van der Waals surface area contributed by atoms with Crippen LogP contribution in [0, 0.1) is 29.6 Å². The van der Waals surface area contributed by atoms with Crippen molar-refractivity contribution in [1.29, 1.82) is 0 Å². The molecular formula is C60H105N11O13. The number of aliphatic hydroxyl groups excluding tert-OH is 2. The minimum Gasteiger partial charge on any atom is -0.391 e. The number of hydrogen-bond donors (Lipinski definition) is 7. The minimum atomic E-state index is -1.64. The number of nitrogens with one attached hydrogen (secondary N) is 5. The fourth-order valence-electron chi connectivity index (χ4n) is 10.3. The SMILES string of the molecule is C=C(C)[C@@H]1NC(=O)[C@H]([C@@H](C)O)N(C)C(=O)CN(C)C(=O)[C@H](CC)NC(=O)[C@H]([C@H](O)[C@H](C)C/C=C/C)N(C)C(=O)[C@H](C(C)C)N(C)C(=O)[C@@H](CC(C)C)N(C)C(=O)[C@H](CC(C)C)N(C)C(=O)[C@@H](C)NC(=O)C(CC)NC(=O)[C@H](CC(C)C)NC1=O. The number of allylic oxidation sites excluding steroid dienone is 2. The minimum absolute atomic E-state index is 0.0270. The van der Waals surface area contributed by atoms with E-state index in [-0.39, 0.29) is 61.9 Å². The van der Waals surface area contributed by atoms with E-state index in [1.807, 2.05) is 27.7 Å². The summed E-state index contributed by atoms with van der Waals surface area (Å²) < 4.78 is 0. The summed E-state index contributed by atoms with van der Waals surface area (Å²) in [5.41, 5.74) is 0.112. The number of aliphatic hydroxyl groups is 2. The van der Waals surface area contributed by atoms with Crippen molar-refractivity contribution >= 4 is 65.0 Å². The summed E-state index contributed by atoms with van der Waals surface area (Å²) in [5.74, 6) is -10.3. The number of hydrogen-bond acceptors (Lipinski definition) is 13. The van der Waals surface area contributed by atoms with Gasteiger partial charge in [0.2, 0.25) is 65.0 Å². The Hall–Kier alpha value is -6.43. The fraction of sp³-hybridized carbons (Fsp3) is 0.750. The maximum atomic E-state index is 15.1. The summed E-state index contributed by atoms with van der Waals surface area (Å²) in [5, 5.41) is 36.2. The molecule has 0 spiro atoms. The van der Waals surface area contributed by atoms with E-state index in [1.165, 1.54) is 77.8 Å². The van der Waals surface area contributed by atoms with Crippen molar-refractivity contribution in [3.8, 4) is 0 Å².